The Balaban J connectivity index is 1.26. The number of esters is 1. The van der Waals surface area contributed by atoms with E-state index < -0.39 is 23.8 Å². The molecule has 1 atom stereocenters. The number of carbonyl (C=O) groups excluding carboxylic acids is 3. The number of carbonyl (C=O) groups is 3. The second-order valence-electron chi connectivity index (χ2n) is 8.98. The second kappa shape index (κ2) is 7.76. The van der Waals surface area contributed by atoms with Gasteiger partial charge in [-0.05, 0) is 75.3 Å². The molecule has 0 unspecified atom stereocenters. The van der Waals surface area contributed by atoms with Crippen molar-refractivity contribution in [3.05, 3.63) is 30.1 Å². The molecule has 0 spiro atoms. The molecular formula is C22H27FN2O4. The Morgan fingerprint density at radius 2 is 1.69 bits per heavy atom. The van der Waals surface area contributed by atoms with E-state index in [1.54, 1.807) is 6.07 Å². The molecule has 4 aliphatic carbocycles. The van der Waals surface area contributed by atoms with Gasteiger partial charge in [0.15, 0.2) is 6.10 Å². The summed E-state index contributed by atoms with van der Waals surface area (Å²) in [5.41, 5.74) is -0.307. The van der Waals surface area contributed by atoms with Gasteiger partial charge in [-0.15, -0.1) is 0 Å². The third kappa shape index (κ3) is 4.14. The Morgan fingerprint density at radius 1 is 1.10 bits per heavy atom. The quantitative estimate of drug-likeness (QED) is 0.717. The molecule has 1 aromatic rings. The van der Waals surface area contributed by atoms with Gasteiger partial charge in [0.05, 0.1) is 5.69 Å². The lowest BCUT2D eigenvalue weighted by molar-refractivity contribution is -0.155. The molecule has 0 radical (unpaired) electrons. The Kier molecular flexibility index (Phi) is 5.32. The number of ether oxygens (including phenoxy) is 1. The van der Waals surface area contributed by atoms with Gasteiger partial charge < -0.3 is 15.4 Å². The van der Waals surface area contributed by atoms with Gasteiger partial charge in [-0.2, -0.15) is 0 Å². The summed E-state index contributed by atoms with van der Waals surface area (Å²) in [5.74, 6) is -0.0162. The van der Waals surface area contributed by atoms with E-state index in [4.69, 9.17) is 4.74 Å². The highest BCUT2D eigenvalue weighted by atomic mass is 19.1. The highest BCUT2D eigenvalue weighted by Crippen LogP contribution is 2.60. The van der Waals surface area contributed by atoms with E-state index in [-0.39, 0.29) is 23.6 Å². The van der Waals surface area contributed by atoms with E-state index in [0.717, 1.165) is 19.3 Å². The Hall–Kier alpha value is -2.44. The van der Waals surface area contributed by atoms with Gasteiger partial charge in [-0.3, -0.25) is 14.4 Å². The SMILES string of the molecule is C[C@@H](OC(=O)CNC(=O)C12CC3CC(CC(C3)C1)C2)C(=O)Nc1ccccc1F. The van der Waals surface area contributed by atoms with Crippen molar-refractivity contribution in [1.29, 1.82) is 0 Å². The molecule has 29 heavy (non-hydrogen) atoms. The maximum atomic E-state index is 13.6. The van der Waals surface area contributed by atoms with E-state index in [9.17, 15) is 18.8 Å². The Morgan fingerprint density at radius 3 is 2.28 bits per heavy atom. The topological polar surface area (TPSA) is 84.5 Å². The molecule has 2 amide bonds. The second-order valence-corrected chi connectivity index (χ2v) is 8.98. The number of nitrogens with one attached hydrogen (secondary N) is 2. The largest absolute Gasteiger partial charge is 0.451 e. The third-order valence-corrected chi connectivity index (χ3v) is 6.72. The normalized spacial score (nSPS) is 30.5. The first kappa shape index (κ1) is 19.9. The van der Waals surface area contributed by atoms with Crippen LogP contribution in [0.15, 0.2) is 24.3 Å². The number of amides is 2. The smallest absolute Gasteiger partial charge is 0.326 e. The molecular weight excluding hydrogens is 375 g/mol. The van der Waals surface area contributed by atoms with Crippen LogP contribution >= 0.6 is 0 Å². The highest BCUT2D eigenvalue weighted by molar-refractivity contribution is 5.95. The Bertz CT molecular complexity index is 790. The predicted molar refractivity (Wildman–Crippen MR) is 104 cm³/mol. The van der Waals surface area contributed by atoms with Gasteiger partial charge in [-0.1, -0.05) is 12.1 Å². The number of halogens is 1. The molecule has 2 N–H and O–H groups in total. The van der Waals surface area contributed by atoms with Gasteiger partial charge in [0.25, 0.3) is 5.91 Å². The summed E-state index contributed by atoms with van der Waals surface area (Å²) in [4.78, 5) is 37.1. The van der Waals surface area contributed by atoms with Crippen LogP contribution in [0.1, 0.15) is 45.4 Å². The van der Waals surface area contributed by atoms with Crippen molar-refractivity contribution in [1.82, 2.24) is 5.32 Å². The maximum absolute atomic E-state index is 13.6. The minimum absolute atomic E-state index is 0.0236. The van der Waals surface area contributed by atoms with Crippen molar-refractivity contribution < 1.29 is 23.5 Å². The molecule has 0 aromatic heterocycles. The van der Waals surface area contributed by atoms with Gasteiger partial charge in [-0.25, -0.2) is 4.39 Å². The molecule has 0 heterocycles. The summed E-state index contributed by atoms with van der Waals surface area (Å²) in [6, 6.07) is 5.76. The van der Waals surface area contributed by atoms with E-state index in [0.29, 0.717) is 17.8 Å². The summed E-state index contributed by atoms with van der Waals surface area (Å²) in [6.07, 6.45) is 5.37. The number of para-hydroxylation sites is 1. The van der Waals surface area contributed by atoms with Crippen LogP contribution in [0.4, 0.5) is 10.1 Å². The Labute approximate surface area is 169 Å². The minimum atomic E-state index is -1.10. The van der Waals surface area contributed by atoms with Crippen LogP contribution in [-0.2, 0) is 19.1 Å². The van der Waals surface area contributed by atoms with Crippen LogP contribution in [0.5, 0.6) is 0 Å². The number of anilines is 1. The highest BCUT2D eigenvalue weighted by Gasteiger charge is 2.54. The number of hydrogen-bond donors (Lipinski definition) is 2. The predicted octanol–water partition coefficient (Wildman–Crippen LogP) is 3.03. The van der Waals surface area contributed by atoms with Crippen molar-refractivity contribution in [3.8, 4) is 0 Å². The van der Waals surface area contributed by atoms with Gasteiger partial charge in [0.1, 0.15) is 12.4 Å². The number of hydrogen-bond acceptors (Lipinski definition) is 4. The molecule has 4 saturated carbocycles. The first-order chi connectivity index (χ1) is 13.8. The zero-order chi connectivity index (χ0) is 20.6. The minimum Gasteiger partial charge on any atom is -0.451 e. The summed E-state index contributed by atoms with van der Waals surface area (Å²) in [5, 5.41) is 5.13. The van der Waals surface area contributed by atoms with Crippen molar-refractivity contribution >= 4 is 23.5 Å². The molecule has 4 bridgehead atoms. The lowest BCUT2D eigenvalue weighted by Crippen LogP contribution is -2.54. The third-order valence-electron chi connectivity index (χ3n) is 6.72. The lowest BCUT2D eigenvalue weighted by Gasteiger charge is -2.55. The van der Waals surface area contributed by atoms with Crippen LogP contribution in [0.3, 0.4) is 0 Å². The molecule has 156 valence electrons. The molecule has 5 rings (SSSR count). The van der Waals surface area contributed by atoms with Crippen LogP contribution in [0, 0.1) is 29.0 Å². The zero-order valence-corrected chi connectivity index (χ0v) is 16.6. The fourth-order valence-electron chi connectivity index (χ4n) is 5.82. The molecule has 6 nitrogen and oxygen atoms in total. The van der Waals surface area contributed by atoms with Gasteiger partial charge in [0, 0.05) is 5.41 Å². The summed E-state index contributed by atoms with van der Waals surface area (Å²) < 4.78 is 18.7. The van der Waals surface area contributed by atoms with E-state index >= 15 is 0 Å². The molecule has 0 saturated heterocycles. The first-order valence-corrected chi connectivity index (χ1v) is 10.4. The van der Waals surface area contributed by atoms with Gasteiger partial charge in [0.2, 0.25) is 5.91 Å². The average molecular weight is 402 g/mol. The number of rotatable bonds is 6. The lowest BCUT2D eigenvalue weighted by atomic mass is 9.49. The fraction of sp³-hybridized carbons (Fsp3) is 0.591. The molecule has 4 aliphatic rings. The summed E-state index contributed by atoms with van der Waals surface area (Å²) >= 11 is 0. The molecule has 1 aromatic carbocycles. The van der Waals surface area contributed by atoms with Gasteiger partial charge >= 0.3 is 5.97 Å². The summed E-state index contributed by atoms with van der Waals surface area (Å²) in [7, 11) is 0. The summed E-state index contributed by atoms with van der Waals surface area (Å²) in [6.45, 7) is 1.15. The first-order valence-electron chi connectivity index (χ1n) is 10.4. The van der Waals surface area contributed by atoms with Crippen molar-refractivity contribution in [3.63, 3.8) is 0 Å². The monoisotopic (exact) mass is 402 g/mol. The number of benzene rings is 1. The van der Waals surface area contributed by atoms with E-state index in [1.165, 1.54) is 44.4 Å². The van der Waals surface area contributed by atoms with Crippen LogP contribution < -0.4 is 10.6 Å². The van der Waals surface area contributed by atoms with Crippen LogP contribution in [-0.4, -0.2) is 30.4 Å². The molecule has 4 fully saturated rings. The van der Waals surface area contributed by atoms with Crippen LogP contribution in [0.2, 0.25) is 0 Å². The van der Waals surface area contributed by atoms with E-state index in [1.807, 2.05) is 0 Å². The molecule has 0 aliphatic heterocycles. The zero-order valence-electron chi connectivity index (χ0n) is 16.6. The average Bonchev–Trinajstić information content (AvgIpc) is 2.66. The van der Waals surface area contributed by atoms with E-state index in [2.05, 4.69) is 10.6 Å². The fourth-order valence-corrected chi connectivity index (χ4v) is 5.82. The molecule has 7 heteroatoms. The van der Waals surface area contributed by atoms with Crippen LogP contribution in [0.25, 0.3) is 0 Å². The maximum Gasteiger partial charge on any atom is 0.326 e. The van der Waals surface area contributed by atoms with Crippen molar-refractivity contribution in [2.75, 3.05) is 11.9 Å². The van der Waals surface area contributed by atoms with Crippen molar-refractivity contribution in [2.24, 2.45) is 23.2 Å². The standard InChI is InChI=1S/C22H27FN2O4/c1-13(20(27)25-18-5-3-2-4-17(18)23)29-19(26)12-24-21(28)22-9-14-6-15(10-22)8-16(7-14)11-22/h2-5,13-16H,6-12H2,1H3,(H,24,28)(H,25,27)/t13-,14?,15?,16?,22?/m1/s1. The van der Waals surface area contributed by atoms with Crippen molar-refractivity contribution in [2.45, 2.75) is 51.6 Å².